The number of nitrogens with zero attached hydrogens (tertiary/aromatic N) is 1. The summed E-state index contributed by atoms with van der Waals surface area (Å²) >= 11 is 1.04. The van der Waals surface area contributed by atoms with Gasteiger partial charge in [-0.25, -0.2) is 0 Å². The van der Waals surface area contributed by atoms with Crippen LogP contribution in [0.1, 0.15) is 15.2 Å². The van der Waals surface area contributed by atoms with E-state index < -0.39 is 18.6 Å². The molecule has 112 valence electrons. The minimum absolute atomic E-state index is 0.115. The van der Waals surface area contributed by atoms with E-state index in [0.717, 1.165) is 16.2 Å². The molecule has 1 aromatic heterocycles. The lowest BCUT2D eigenvalue weighted by Crippen LogP contribution is -2.38. The number of rotatable bonds is 4. The fourth-order valence-electron chi connectivity index (χ4n) is 1.86. The Morgan fingerprint density at radius 1 is 1.19 bits per heavy atom. The van der Waals surface area contributed by atoms with Gasteiger partial charge in [0, 0.05) is 6.54 Å². The number of benzene rings is 1. The van der Waals surface area contributed by atoms with Crippen molar-refractivity contribution >= 4 is 22.9 Å². The van der Waals surface area contributed by atoms with Crippen LogP contribution in [-0.2, 0) is 6.54 Å². The molecule has 0 saturated carbocycles. The van der Waals surface area contributed by atoms with Crippen LogP contribution in [0.15, 0.2) is 41.8 Å². The van der Waals surface area contributed by atoms with Crippen molar-refractivity contribution in [3.8, 4) is 0 Å². The van der Waals surface area contributed by atoms with Gasteiger partial charge in [0.25, 0.3) is 5.91 Å². The molecular formula is C14H13F3N2OS. The van der Waals surface area contributed by atoms with Crippen molar-refractivity contribution in [3.63, 3.8) is 0 Å². The van der Waals surface area contributed by atoms with Crippen molar-refractivity contribution in [2.75, 3.05) is 12.3 Å². The van der Waals surface area contributed by atoms with Crippen molar-refractivity contribution in [2.24, 2.45) is 0 Å². The molecule has 0 radical (unpaired) electrons. The Morgan fingerprint density at radius 3 is 2.38 bits per heavy atom. The average molecular weight is 314 g/mol. The van der Waals surface area contributed by atoms with Crippen LogP contribution in [0.25, 0.3) is 0 Å². The molecule has 0 bridgehead atoms. The Bertz CT molecular complexity index is 610. The largest absolute Gasteiger partial charge is 0.406 e. The molecule has 0 aliphatic rings. The summed E-state index contributed by atoms with van der Waals surface area (Å²) in [5.74, 6) is -0.705. The van der Waals surface area contributed by atoms with E-state index in [9.17, 15) is 18.0 Å². The average Bonchev–Trinajstić information content (AvgIpc) is 2.83. The van der Waals surface area contributed by atoms with Gasteiger partial charge in [-0.05, 0) is 17.0 Å². The van der Waals surface area contributed by atoms with E-state index in [0.29, 0.717) is 5.56 Å². The highest BCUT2D eigenvalue weighted by atomic mass is 32.1. The van der Waals surface area contributed by atoms with Gasteiger partial charge in [0.15, 0.2) is 0 Å². The molecule has 0 unspecified atom stereocenters. The lowest BCUT2D eigenvalue weighted by Gasteiger charge is -2.23. The van der Waals surface area contributed by atoms with Crippen molar-refractivity contribution in [3.05, 3.63) is 52.2 Å². The highest BCUT2D eigenvalue weighted by Crippen LogP contribution is 2.25. The van der Waals surface area contributed by atoms with Crippen LogP contribution in [0.5, 0.6) is 0 Å². The SMILES string of the molecule is Nc1ccsc1C(=O)N(Cc1ccccc1)CC(F)(F)F. The van der Waals surface area contributed by atoms with Crippen molar-refractivity contribution in [2.45, 2.75) is 12.7 Å². The summed E-state index contributed by atoms with van der Waals surface area (Å²) in [6.07, 6.45) is -4.46. The van der Waals surface area contributed by atoms with E-state index in [2.05, 4.69) is 0 Å². The van der Waals surface area contributed by atoms with Crippen LogP contribution in [0.4, 0.5) is 18.9 Å². The summed E-state index contributed by atoms with van der Waals surface area (Å²) < 4.78 is 38.1. The fraction of sp³-hybridized carbons (Fsp3) is 0.214. The molecule has 0 atom stereocenters. The van der Waals surface area contributed by atoms with Gasteiger partial charge < -0.3 is 10.6 Å². The lowest BCUT2D eigenvalue weighted by atomic mass is 10.2. The minimum Gasteiger partial charge on any atom is -0.397 e. The Morgan fingerprint density at radius 2 is 1.86 bits per heavy atom. The monoisotopic (exact) mass is 314 g/mol. The highest BCUT2D eigenvalue weighted by molar-refractivity contribution is 7.12. The van der Waals surface area contributed by atoms with E-state index in [4.69, 9.17) is 5.73 Å². The molecule has 2 aromatic rings. The first-order chi connectivity index (χ1) is 9.87. The van der Waals surface area contributed by atoms with Crippen LogP contribution >= 0.6 is 11.3 Å². The summed E-state index contributed by atoms with van der Waals surface area (Å²) in [6.45, 7) is -1.42. The summed E-state index contributed by atoms with van der Waals surface area (Å²) in [4.78, 5) is 13.2. The molecule has 0 saturated heterocycles. The Hall–Kier alpha value is -2.02. The Balaban J connectivity index is 2.24. The molecule has 7 heteroatoms. The first-order valence-corrected chi connectivity index (χ1v) is 6.98. The standard InChI is InChI=1S/C14H13F3N2OS/c15-14(16,17)9-19(8-10-4-2-1-3-5-10)13(20)12-11(18)6-7-21-12/h1-7H,8-9,18H2. The molecule has 1 heterocycles. The number of thiophene rings is 1. The van der Waals surface area contributed by atoms with Crippen molar-refractivity contribution in [1.29, 1.82) is 0 Å². The third-order valence-corrected chi connectivity index (χ3v) is 3.68. The van der Waals surface area contributed by atoms with Gasteiger partial charge in [-0.3, -0.25) is 4.79 Å². The molecular weight excluding hydrogens is 301 g/mol. The Labute approximate surface area is 123 Å². The highest BCUT2D eigenvalue weighted by Gasteiger charge is 2.34. The number of alkyl halides is 3. The molecule has 0 aliphatic carbocycles. The third-order valence-electron chi connectivity index (χ3n) is 2.76. The maximum absolute atomic E-state index is 12.7. The quantitative estimate of drug-likeness (QED) is 0.938. The zero-order valence-electron chi connectivity index (χ0n) is 10.9. The number of amides is 1. The molecule has 0 aliphatic heterocycles. The summed E-state index contributed by atoms with van der Waals surface area (Å²) in [7, 11) is 0. The number of hydrogen-bond acceptors (Lipinski definition) is 3. The lowest BCUT2D eigenvalue weighted by molar-refractivity contribution is -0.141. The number of nitrogens with two attached hydrogens (primary N) is 1. The molecule has 0 fully saturated rings. The third kappa shape index (κ3) is 4.22. The normalized spacial score (nSPS) is 11.4. The van der Waals surface area contributed by atoms with Gasteiger partial charge in [-0.15, -0.1) is 11.3 Å². The molecule has 2 N–H and O–H groups in total. The molecule has 0 spiro atoms. The molecule has 3 nitrogen and oxygen atoms in total. The second-order valence-electron chi connectivity index (χ2n) is 4.47. The smallest absolute Gasteiger partial charge is 0.397 e. The zero-order chi connectivity index (χ0) is 15.5. The van der Waals surface area contributed by atoms with Crippen molar-refractivity contribution in [1.82, 2.24) is 4.90 Å². The first kappa shape index (κ1) is 15.4. The minimum atomic E-state index is -4.46. The van der Waals surface area contributed by atoms with Crippen LogP contribution in [0.3, 0.4) is 0 Å². The number of nitrogen functional groups attached to an aromatic ring is 1. The van der Waals surface area contributed by atoms with Crippen molar-refractivity contribution < 1.29 is 18.0 Å². The van der Waals surface area contributed by atoms with Crippen LogP contribution in [-0.4, -0.2) is 23.5 Å². The van der Waals surface area contributed by atoms with Gasteiger partial charge in [0.05, 0.1) is 5.69 Å². The fourth-order valence-corrected chi connectivity index (χ4v) is 2.64. The Kier molecular flexibility index (Phi) is 4.52. The number of anilines is 1. The number of carbonyl (C=O) groups excluding carboxylic acids is 1. The van der Waals surface area contributed by atoms with E-state index in [-0.39, 0.29) is 17.1 Å². The maximum Gasteiger partial charge on any atom is 0.406 e. The van der Waals surface area contributed by atoms with Gasteiger partial charge in [0.1, 0.15) is 11.4 Å². The van der Waals surface area contributed by atoms with Gasteiger partial charge in [-0.2, -0.15) is 13.2 Å². The molecule has 1 aromatic carbocycles. The van der Waals surface area contributed by atoms with E-state index >= 15 is 0 Å². The topological polar surface area (TPSA) is 46.3 Å². The van der Waals surface area contributed by atoms with E-state index in [1.807, 2.05) is 0 Å². The van der Waals surface area contributed by atoms with Crippen LogP contribution in [0.2, 0.25) is 0 Å². The van der Waals surface area contributed by atoms with Gasteiger partial charge >= 0.3 is 6.18 Å². The van der Waals surface area contributed by atoms with Gasteiger partial charge in [-0.1, -0.05) is 30.3 Å². The summed E-state index contributed by atoms with van der Waals surface area (Å²) in [5.41, 5.74) is 6.45. The summed E-state index contributed by atoms with van der Waals surface area (Å²) in [6, 6.07) is 10.0. The summed E-state index contributed by atoms with van der Waals surface area (Å²) in [5, 5.41) is 1.58. The van der Waals surface area contributed by atoms with E-state index in [1.165, 1.54) is 6.07 Å². The maximum atomic E-state index is 12.7. The predicted molar refractivity (Wildman–Crippen MR) is 76.0 cm³/mol. The number of hydrogen-bond donors (Lipinski definition) is 1. The molecule has 1 amide bonds. The second kappa shape index (κ2) is 6.17. The van der Waals surface area contributed by atoms with Crippen LogP contribution in [0, 0.1) is 0 Å². The van der Waals surface area contributed by atoms with Crippen LogP contribution < -0.4 is 5.73 Å². The molecule has 2 rings (SSSR count). The van der Waals surface area contributed by atoms with Gasteiger partial charge in [0.2, 0.25) is 0 Å². The number of halogens is 3. The first-order valence-electron chi connectivity index (χ1n) is 6.10. The van der Waals surface area contributed by atoms with E-state index in [1.54, 1.807) is 35.7 Å². The zero-order valence-corrected chi connectivity index (χ0v) is 11.7. The second-order valence-corrected chi connectivity index (χ2v) is 5.38. The predicted octanol–water partition coefficient (Wildman–Crippen LogP) is 3.54. The number of carbonyl (C=O) groups is 1. The molecule has 21 heavy (non-hydrogen) atoms.